The van der Waals surface area contributed by atoms with Crippen LogP contribution >= 0.6 is 0 Å². The van der Waals surface area contributed by atoms with Crippen LogP contribution in [0.1, 0.15) is 20.8 Å². The second kappa shape index (κ2) is 3.36. The zero-order chi connectivity index (χ0) is 10.1. The Morgan fingerprint density at radius 1 is 1.43 bits per heavy atom. The fourth-order valence-corrected chi connectivity index (χ4v) is 1.44. The van der Waals surface area contributed by atoms with E-state index in [1.54, 1.807) is 6.20 Å². The highest BCUT2D eigenvalue weighted by molar-refractivity contribution is 6.10. The third-order valence-electron chi connectivity index (χ3n) is 2.11. The summed E-state index contributed by atoms with van der Waals surface area (Å²) in [6, 6.07) is 0.164. The molecule has 74 valence electrons. The second-order valence-corrected chi connectivity index (χ2v) is 3.76. The maximum atomic E-state index is 4.46. The highest BCUT2D eigenvalue weighted by Gasteiger charge is 2.23. The minimum atomic E-state index is 0.164. The normalized spacial score (nSPS) is 24.9. The monoisotopic (exact) mass is 190 g/mol. The zero-order valence-corrected chi connectivity index (χ0v) is 8.68. The molecule has 0 aromatic rings. The lowest BCUT2D eigenvalue weighted by Crippen LogP contribution is -2.39. The van der Waals surface area contributed by atoms with Gasteiger partial charge in [-0.3, -0.25) is 4.99 Å². The maximum absolute atomic E-state index is 4.46. The van der Waals surface area contributed by atoms with Crippen LogP contribution in [0.2, 0.25) is 0 Å². The van der Waals surface area contributed by atoms with E-state index in [0.29, 0.717) is 5.92 Å². The van der Waals surface area contributed by atoms with E-state index in [4.69, 9.17) is 0 Å². The number of amidine groups is 2. The number of fused-ring (bicyclic) bond motifs is 1. The van der Waals surface area contributed by atoms with Gasteiger partial charge in [0.1, 0.15) is 5.84 Å². The lowest BCUT2D eigenvalue weighted by molar-refractivity contribution is 0.588. The molecule has 2 aliphatic rings. The molecule has 0 radical (unpaired) electrons. The van der Waals surface area contributed by atoms with Gasteiger partial charge in [0.15, 0.2) is 5.84 Å². The van der Waals surface area contributed by atoms with Crippen molar-refractivity contribution in [2.45, 2.75) is 26.8 Å². The van der Waals surface area contributed by atoms with Gasteiger partial charge in [-0.05, 0) is 6.92 Å². The average Bonchev–Trinajstić information content (AvgIpc) is 2.16. The van der Waals surface area contributed by atoms with Gasteiger partial charge in [-0.1, -0.05) is 13.8 Å². The smallest absolute Gasteiger partial charge is 0.153 e. The van der Waals surface area contributed by atoms with Gasteiger partial charge < -0.3 is 0 Å². The zero-order valence-electron chi connectivity index (χ0n) is 8.68. The Morgan fingerprint density at radius 3 is 2.93 bits per heavy atom. The summed E-state index contributed by atoms with van der Waals surface area (Å²) in [6.07, 6.45) is 5.51. The first-order valence-corrected chi connectivity index (χ1v) is 4.85. The molecule has 0 fully saturated rings. The molecule has 2 rings (SSSR count). The van der Waals surface area contributed by atoms with Crippen LogP contribution < -0.4 is 0 Å². The number of rotatable bonds is 1. The van der Waals surface area contributed by atoms with Crippen molar-refractivity contribution in [2.75, 3.05) is 0 Å². The number of hydrogen-bond acceptors (Lipinski definition) is 4. The first-order valence-electron chi connectivity index (χ1n) is 4.85. The van der Waals surface area contributed by atoms with Gasteiger partial charge >= 0.3 is 0 Å². The molecular formula is C10H14N4. The molecule has 0 aliphatic carbocycles. The van der Waals surface area contributed by atoms with Crippen LogP contribution in [0, 0.1) is 5.92 Å². The van der Waals surface area contributed by atoms with Crippen molar-refractivity contribution in [1.82, 2.24) is 5.01 Å². The molecule has 4 nitrogen and oxygen atoms in total. The predicted molar refractivity (Wildman–Crippen MR) is 58.6 cm³/mol. The minimum absolute atomic E-state index is 0.164. The fraction of sp³-hybridized carbons (Fsp3) is 0.500. The van der Waals surface area contributed by atoms with Gasteiger partial charge in [0.2, 0.25) is 0 Å². The molecule has 0 aromatic carbocycles. The first kappa shape index (κ1) is 9.12. The van der Waals surface area contributed by atoms with E-state index in [1.165, 1.54) is 0 Å². The van der Waals surface area contributed by atoms with Gasteiger partial charge in [0.25, 0.3) is 0 Å². The Kier molecular flexibility index (Phi) is 2.19. The Balaban J connectivity index is 2.33. The van der Waals surface area contributed by atoms with Crippen molar-refractivity contribution in [2.24, 2.45) is 21.0 Å². The van der Waals surface area contributed by atoms with Crippen LogP contribution in [0.3, 0.4) is 0 Å². The molecule has 0 aromatic heterocycles. The van der Waals surface area contributed by atoms with Crippen LogP contribution in [0.5, 0.6) is 0 Å². The van der Waals surface area contributed by atoms with E-state index in [2.05, 4.69) is 28.9 Å². The lowest BCUT2D eigenvalue weighted by atomic mass is 10.1. The van der Waals surface area contributed by atoms with E-state index in [1.807, 2.05) is 24.2 Å². The molecule has 4 heteroatoms. The molecule has 2 heterocycles. The van der Waals surface area contributed by atoms with Gasteiger partial charge in [-0.15, -0.1) is 0 Å². The molecule has 1 atom stereocenters. The quantitative estimate of drug-likeness (QED) is 0.619. The van der Waals surface area contributed by atoms with E-state index < -0.39 is 0 Å². The molecular weight excluding hydrogens is 176 g/mol. The Hall–Kier alpha value is -1.45. The van der Waals surface area contributed by atoms with Crippen molar-refractivity contribution in [1.29, 1.82) is 0 Å². The van der Waals surface area contributed by atoms with Crippen LogP contribution in [-0.4, -0.2) is 28.9 Å². The molecule has 0 N–H and O–H groups in total. The van der Waals surface area contributed by atoms with Crippen molar-refractivity contribution in [3.63, 3.8) is 0 Å². The van der Waals surface area contributed by atoms with Gasteiger partial charge in [-0.25, -0.2) is 10.0 Å². The molecule has 0 spiro atoms. The summed E-state index contributed by atoms with van der Waals surface area (Å²) < 4.78 is 0. The Bertz CT molecular complexity index is 349. The van der Waals surface area contributed by atoms with Gasteiger partial charge in [-0.2, -0.15) is 5.10 Å². The van der Waals surface area contributed by atoms with Crippen molar-refractivity contribution in [3.05, 3.63) is 12.3 Å². The van der Waals surface area contributed by atoms with Crippen molar-refractivity contribution < 1.29 is 0 Å². The number of hydrogen-bond donors (Lipinski definition) is 0. The first-order chi connectivity index (χ1) is 6.68. The standard InChI is InChI=1S/C10H14N4/c1-7(2)10-11-5-4-9-13-8(3)6-12-14(9)10/h4-8H,1-3H3. The highest BCUT2D eigenvalue weighted by atomic mass is 15.5. The Morgan fingerprint density at radius 2 is 2.21 bits per heavy atom. The maximum Gasteiger partial charge on any atom is 0.153 e. The SMILES string of the molecule is CC1C=NN2C(=N1)C=CN=C2C(C)C. The van der Waals surface area contributed by atoms with Crippen LogP contribution in [0.15, 0.2) is 27.4 Å². The molecule has 0 amide bonds. The number of nitrogens with zero attached hydrogens (tertiary/aromatic N) is 4. The predicted octanol–water partition coefficient (Wildman–Crippen LogP) is 1.66. The highest BCUT2D eigenvalue weighted by Crippen LogP contribution is 2.14. The van der Waals surface area contributed by atoms with Crippen LogP contribution in [-0.2, 0) is 0 Å². The van der Waals surface area contributed by atoms with E-state index in [0.717, 1.165) is 11.7 Å². The summed E-state index contributed by atoms with van der Waals surface area (Å²) >= 11 is 0. The number of aliphatic imine (C=N–C) groups is 2. The van der Waals surface area contributed by atoms with Crippen molar-refractivity contribution >= 4 is 17.9 Å². The third-order valence-corrected chi connectivity index (χ3v) is 2.11. The van der Waals surface area contributed by atoms with Crippen LogP contribution in [0.4, 0.5) is 0 Å². The molecule has 0 saturated heterocycles. The molecule has 0 bridgehead atoms. The molecule has 0 saturated carbocycles. The third kappa shape index (κ3) is 1.47. The summed E-state index contributed by atoms with van der Waals surface area (Å²) in [5.74, 6) is 2.20. The summed E-state index contributed by atoms with van der Waals surface area (Å²) in [7, 11) is 0. The van der Waals surface area contributed by atoms with Gasteiger partial charge in [0, 0.05) is 24.4 Å². The van der Waals surface area contributed by atoms with Crippen LogP contribution in [0.25, 0.3) is 0 Å². The van der Waals surface area contributed by atoms with Crippen molar-refractivity contribution in [3.8, 4) is 0 Å². The summed E-state index contributed by atoms with van der Waals surface area (Å²) in [5, 5.41) is 6.14. The summed E-state index contributed by atoms with van der Waals surface area (Å²) in [5.41, 5.74) is 0. The fourth-order valence-electron chi connectivity index (χ4n) is 1.44. The van der Waals surface area contributed by atoms with E-state index >= 15 is 0 Å². The molecule has 1 unspecified atom stereocenters. The second-order valence-electron chi connectivity index (χ2n) is 3.76. The largest absolute Gasteiger partial charge is 0.258 e. The number of hydrazone groups is 1. The van der Waals surface area contributed by atoms with E-state index in [9.17, 15) is 0 Å². The topological polar surface area (TPSA) is 40.3 Å². The Labute approximate surface area is 83.7 Å². The van der Waals surface area contributed by atoms with Gasteiger partial charge in [0.05, 0.1) is 6.04 Å². The summed E-state index contributed by atoms with van der Waals surface area (Å²) in [6.45, 7) is 6.22. The molecule has 14 heavy (non-hydrogen) atoms. The minimum Gasteiger partial charge on any atom is -0.258 e. The summed E-state index contributed by atoms with van der Waals surface area (Å²) in [4.78, 5) is 8.77. The van der Waals surface area contributed by atoms with E-state index in [-0.39, 0.29) is 6.04 Å². The molecule has 2 aliphatic heterocycles. The lowest BCUT2D eigenvalue weighted by Gasteiger charge is -2.28. The average molecular weight is 190 g/mol.